The van der Waals surface area contributed by atoms with Crippen LogP contribution in [0.25, 0.3) is 0 Å². The van der Waals surface area contributed by atoms with Crippen LogP contribution in [0.1, 0.15) is 162 Å². The molecule has 0 aromatic rings. The number of allylic oxidation sites excluding steroid dienone is 14. The average molecular weight is 840 g/mol. The summed E-state index contributed by atoms with van der Waals surface area (Å²) in [7, 11) is 5.88. The predicted molar refractivity (Wildman–Crippen MR) is 246 cm³/mol. The molecule has 0 aliphatic carbocycles. The molecule has 0 aromatic heterocycles. The molecule has 9 heteroatoms. The number of carboxylic acids is 1. The molecule has 0 amide bonds. The second-order valence-electron chi connectivity index (χ2n) is 16.3. The molecule has 2 unspecified atom stereocenters. The Kier molecular flexibility index (Phi) is 39.7. The lowest BCUT2D eigenvalue weighted by atomic mass is 10.1. The molecule has 0 rings (SSSR count). The summed E-state index contributed by atoms with van der Waals surface area (Å²) in [6, 6.07) is 0. The number of hydrogen-bond acceptors (Lipinski definition) is 8. The van der Waals surface area contributed by atoms with E-state index >= 15 is 0 Å². The molecule has 0 aliphatic rings. The van der Waals surface area contributed by atoms with Crippen molar-refractivity contribution in [1.29, 1.82) is 0 Å². The molecule has 0 fully saturated rings. The fourth-order valence-corrected chi connectivity index (χ4v) is 5.77. The second-order valence-corrected chi connectivity index (χ2v) is 16.3. The maximum atomic E-state index is 12.8. The van der Waals surface area contributed by atoms with Gasteiger partial charge in [0.15, 0.2) is 12.4 Å². The average Bonchev–Trinajstić information content (AvgIpc) is 3.21. The monoisotopic (exact) mass is 840 g/mol. The van der Waals surface area contributed by atoms with Crippen LogP contribution in [0.4, 0.5) is 0 Å². The maximum Gasteiger partial charge on any atom is 0.306 e. The molecule has 0 saturated heterocycles. The first-order valence-electron chi connectivity index (χ1n) is 23.2. The number of aliphatic carboxylic acids is 1. The van der Waals surface area contributed by atoms with E-state index in [1.54, 1.807) is 0 Å². The quantitative estimate of drug-likeness (QED) is 0.0197. The lowest BCUT2D eigenvalue weighted by molar-refractivity contribution is -0.870. The third kappa shape index (κ3) is 42.6. The van der Waals surface area contributed by atoms with E-state index in [-0.39, 0.29) is 38.6 Å². The van der Waals surface area contributed by atoms with Gasteiger partial charge in [0.25, 0.3) is 0 Å². The van der Waals surface area contributed by atoms with Crippen molar-refractivity contribution in [1.82, 2.24) is 0 Å². The van der Waals surface area contributed by atoms with Gasteiger partial charge < -0.3 is 33.3 Å². The van der Waals surface area contributed by atoms with Gasteiger partial charge in [-0.15, -0.1) is 0 Å². The first-order chi connectivity index (χ1) is 29.1. The summed E-state index contributed by atoms with van der Waals surface area (Å²) in [6.07, 6.45) is 50.4. The Morgan fingerprint density at radius 3 is 1.43 bits per heavy atom. The van der Waals surface area contributed by atoms with Crippen LogP contribution in [0.15, 0.2) is 85.1 Å². The SMILES string of the molecule is CC/C=C\C/C=C\C/C=C\C/C=C\C/C=C\CCCCCC(=O)OC(COC(=O)CCCCCCC/C=C\C/C=C\CCCCCC)COC(OCC[N+](C)(C)C)C(=O)[O-]. The third-order valence-electron chi connectivity index (χ3n) is 9.38. The van der Waals surface area contributed by atoms with Crippen LogP contribution < -0.4 is 5.11 Å². The first-order valence-corrected chi connectivity index (χ1v) is 23.2. The van der Waals surface area contributed by atoms with E-state index in [9.17, 15) is 19.5 Å². The number of rotatable bonds is 41. The Hall–Kier alpha value is -3.53. The molecule has 0 aliphatic heterocycles. The van der Waals surface area contributed by atoms with E-state index in [0.717, 1.165) is 89.9 Å². The van der Waals surface area contributed by atoms with Crippen molar-refractivity contribution in [3.05, 3.63) is 85.1 Å². The summed E-state index contributed by atoms with van der Waals surface area (Å²) in [4.78, 5) is 37.0. The van der Waals surface area contributed by atoms with Crippen LogP contribution >= 0.6 is 0 Å². The minimum Gasteiger partial charge on any atom is -0.545 e. The highest BCUT2D eigenvalue weighted by Gasteiger charge is 2.21. The Morgan fingerprint density at radius 1 is 0.517 bits per heavy atom. The second kappa shape index (κ2) is 42.2. The molecule has 0 N–H and O–H groups in total. The fraction of sp³-hybridized carbons (Fsp3) is 0.667. The summed E-state index contributed by atoms with van der Waals surface area (Å²) < 4.78 is 22.5. The van der Waals surface area contributed by atoms with Gasteiger partial charge in [0, 0.05) is 12.8 Å². The molecular weight excluding hydrogens is 755 g/mol. The summed E-state index contributed by atoms with van der Waals surface area (Å²) in [5.74, 6) is -2.36. The van der Waals surface area contributed by atoms with Gasteiger partial charge in [-0.3, -0.25) is 9.59 Å². The zero-order valence-electron chi connectivity index (χ0n) is 38.5. The largest absolute Gasteiger partial charge is 0.545 e. The third-order valence-corrected chi connectivity index (χ3v) is 9.38. The minimum atomic E-state index is -1.64. The Balaban J connectivity index is 4.53. The van der Waals surface area contributed by atoms with Crippen molar-refractivity contribution in [2.75, 3.05) is 47.5 Å². The number of nitrogens with zero attached hydrogens (tertiary/aromatic N) is 1. The number of ether oxygens (including phenoxy) is 4. The van der Waals surface area contributed by atoms with Gasteiger partial charge in [-0.2, -0.15) is 0 Å². The van der Waals surface area contributed by atoms with Gasteiger partial charge in [-0.25, -0.2) is 0 Å². The highest BCUT2D eigenvalue weighted by molar-refractivity contribution is 5.70. The Morgan fingerprint density at radius 2 is 0.950 bits per heavy atom. The van der Waals surface area contributed by atoms with Gasteiger partial charge in [-0.05, 0) is 89.9 Å². The van der Waals surface area contributed by atoms with Crippen molar-refractivity contribution in [3.8, 4) is 0 Å². The number of carbonyl (C=O) groups excluding carboxylic acids is 3. The van der Waals surface area contributed by atoms with E-state index < -0.39 is 24.3 Å². The van der Waals surface area contributed by atoms with Crippen LogP contribution in [0.2, 0.25) is 0 Å². The first kappa shape index (κ1) is 56.5. The molecule has 0 saturated carbocycles. The summed E-state index contributed by atoms with van der Waals surface area (Å²) in [5, 5.41) is 11.7. The highest BCUT2D eigenvalue weighted by atomic mass is 16.7. The molecule has 0 aromatic carbocycles. The predicted octanol–water partition coefficient (Wildman–Crippen LogP) is 11.2. The Labute approximate surface area is 366 Å². The molecule has 0 radical (unpaired) electrons. The minimum absolute atomic E-state index is 0.134. The standard InChI is InChI=1S/C51H85NO8/c1-6-8-10-12-14-16-18-20-22-24-25-26-28-30-32-34-36-38-40-42-49(54)60-47(46-59-51(50(55)56)57-44-43-52(3,4)5)45-58-48(53)41-39-37-35-33-31-29-27-23-21-19-17-15-13-11-9-7-2/h8,10,14,16-17,19-20,22-23,25-27,30,32,47,51H,6-7,9,11-13,15,18,21,24,28-29,31,33-46H2,1-5H3/b10-8-,16-14-,19-17-,22-20-,26-25-,27-23-,32-30-. The van der Waals surface area contributed by atoms with Crippen molar-refractivity contribution in [2.45, 2.75) is 174 Å². The number of carbonyl (C=O) groups is 3. The lowest BCUT2D eigenvalue weighted by Gasteiger charge is -2.26. The van der Waals surface area contributed by atoms with Gasteiger partial charge in [0.1, 0.15) is 13.2 Å². The topological polar surface area (TPSA) is 111 Å². The number of unbranched alkanes of at least 4 members (excludes halogenated alkanes) is 12. The van der Waals surface area contributed by atoms with Crippen molar-refractivity contribution in [2.24, 2.45) is 0 Å². The van der Waals surface area contributed by atoms with Crippen molar-refractivity contribution in [3.63, 3.8) is 0 Å². The summed E-state index contributed by atoms with van der Waals surface area (Å²) >= 11 is 0. The molecule has 342 valence electrons. The van der Waals surface area contributed by atoms with Crippen LogP contribution in [-0.4, -0.2) is 82.3 Å². The molecule has 0 bridgehead atoms. The molecule has 2 atom stereocenters. The van der Waals surface area contributed by atoms with Crippen LogP contribution in [0, 0.1) is 0 Å². The van der Waals surface area contributed by atoms with E-state index in [1.807, 2.05) is 21.1 Å². The van der Waals surface area contributed by atoms with Crippen LogP contribution in [0.5, 0.6) is 0 Å². The molecule has 9 nitrogen and oxygen atoms in total. The van der Waals surface area contributed by atoms with E-state index in [4.69, 9.17) is 18.9 Å². The molecule has 0 spiro atoms. The molecule has 60 heavy (non-hydrogen) atoms. The molecular formula is C51H85NO8. The van der Waals surface area contributed by atoms with E-state index in [2.05, 4.69) is 98.9 Å². The zero-order chi connectivity index (χ0) is 44.2. The Bertz CT molecular complexity index is 1260. The number of hydrogen-bond donors (Lipinski definition) is 0. The van der Waals surface area contributed by atoms with Crippen molar-refractivity contribution < 1.29 is 42.9 Å². The van der Waals surface area contributed by atoms with Crippen molar-refractivity contribution >= 4 is 17.9 Å². The van der Waals surface area contributed by atoms with Gasteiger partial charge in [0.2, 0.25) is 0 Å². The number of carboxylic acid groups (broad SMARTS) is 1. The highest BCUT2D eigenvalue weighted by Crippen LogP contribution is 2.12. The maximum absolute atomic E-state index is 12.8. The summed E-state index contributed by atoms with van der Waals surface area (Å²) in [6.45, 7) is 4.53. The zero-order valence-corrected chi connectivity index (χ0v) is 38.5. The number of quaternary nitrogens is 1. The van der Waals surface area contributed by atoms with E-state index in [1.165, 1.54) is 32.1 Å². The number of esters is 2. The van der Waals surface area contributed by atoms with Crippen LogP contribution in [0.3, 0.4) is 0 Å². The van der Waals surface area contributed by atoms with Gasteiger partial charge in [-0.1, -0.05) is 144 Å². The smallest absolute Gasteiger partial charge is 0.306 e. The normalized spacial score (nSPS) is 13.7. The van der Waals surface area contributed by atoms with E-state index in [0.29, 0.717) is 23.9 Å². The molecule has 0 heterocycles. The van der Waals surface area contributed by atoms with Crippen LogP contribution in [-0.2, 0) is 33.3 Å². The number of likely N-dealkylation sites (N-methyl/N-ethyl adjacent to an activating group) is 1. The lowest BCUT2D eigenvalue weighted by Crippen LogP contribution is -2.44. The van der Waals surface area contributed by atoms with Gasteiger partial charge >= 0.3 is 11.9 Å². The summed E-state index contributed by atoms with van der Waals surface area (Å²) in [5.41, 5.74) is 0. The fourth-order valence-electron chi connectivity index (χ4n) is 5.77. The van der Waals surface area contributed by atoms with Gasteiger partial charge in [0.05, 0.1) is 40.3 Å².